The Bertz CT molecular complexity index is 1460. The number of halogens is 3. The molecule has 5 rings (SSSR count). The highest BCUT2D eigenvalue weighted by Crippen LogP contribution is 2.53. The van der Waals surface area contributed by atoms with Crippen LogP contribution in [0, 0.1) is 0 Å². The van der Waals surface area contributed by atoms with Crippen molar-refractivity contribution in [2.24, 2.45) is 0 Å². The summed E-state index contributed by atoms with van der Waals surface area (Å²) in [5.41, 5.74) is 3.49. The highest BCUT2D eigenvalue weighted by atomic mass is 35.5. The lowest BCUT2D eigenvalue weighted by Gasteiger charge is -2.33. The highest BCUT2D eigenvalue weighted by Gasteiger charge is 2.47. The number of aliphatic hydroxyl groups excluding tert-OH is 1. The van der Waals surface area contributed by atoms with Crippen molar-refractivity contribution in [1.82, 2.24) is 5.17 Å². The molecule has 3 aromatic rings. The zero-order chi connectivity index (χ0) is 27.3. The molecule has 0 aromatic heterocycles. The van der Waals surface area contributed by atoms with Crippen molar-refractivity contribution in [2.75, 3.05) is 29.5 Å². The van der Waals surface area contributed by atoms with Crippen LogP contribution in [-0.2, 0) is 22.2 Å². The SMILES string of the molecule is CCN(CC)c1cc(Cl)cc(C(=O)ON2C3c4ccc(Cl)cc4S(=O)c4c(CO)ccc(c43)N2CC)c1Cl. The van der Waals surface area contributed by atoms with Crippen LogP contribution in [0.2, 0.25) is 15.1 Å². The van der Waals surface area contributed by atoms with Crippen molar-refractivity contribution in [1.29, 1.82) is 0 Å². The topological polar surface area (TPSA) is 73.3 Å². The summed E-state index contributed by atoms with van der Waals surface area (Å²) >= 11 is 19.4. The number of hydrogen-bond donors (Lipinski definition) is 1. The molecule has 0 saturated heterocycles. The summed E-state index contributed by atoms with van der Waals surface area (Å²) in [6.07, 6.45) is 0. The molecule has 0 radical (unpaired) electrons. The van der Waals surface area contributed by atoms with Gasteiger partial charge in [0.05, 0.1) is 49.2 Å². The number of carbonyl (C=O) groups is 1. The predicted molar refractivity (Wildman–Crippen MR) is 151 cm³/mol. The molecular weight excluding hydrogens is 569 g/mol. The Morgan fingerprint density at radius 2 is 1.79 bits per heavy atom. The first-order valence-electron chi connectivity index (χ1n) is 12.3. The number of nitrogens with zero attached hydrogens (tertiary/aromatic N) is 3. The first-order chi connectivity index (χ1) is 18.2. The van der Waals surface area contributed by atoms with Crippen molar-refractivity contribution in [3.05, 3.63) is 79.8 Å². The van der Waals surface area contributed by atoms with E-state index in [1.165, 1.54) is 11.2 Å². The fourth-order valence-electron chi connectivity index (χ4n) is 5.17. The van der Waals surface area contributed by atoms with Crippen LogP contribution < -0.4 is 9.91 Å². The minimum atomic E-state index is -1.58. The van der Waals surface area contributed by atoms with Crippen molar-refractivity contribution in [3.8, 4) is 0 Å². The van der Waals surface area contributed by atoms with Crippen LogP contribution >= 0.6 is 34.8 Å². The molecule has 0 amide bonds. The third-order valence-corrected chi connectivity index (χ3v) is 9.37. The molecule has 11 heteroatoms. The van der Waals surface area contributed by atoms with Crippen LogP contribution in [0.3, 0.4) is 0 Å². The minimum absolute atomic E-state index is 0.139. The summed E-state index contributed by atoms with van der Waals surface area (Å²) in [6.45, 7) is 7.46. The minimum Gasteiger partial charge on any atom is -0.392 e. The molecule has 1 N–H and O–H groups in total. The van der Waals surface area contributed by atoms with Gasteiger partial charge in [-0.2, -0.15) is 0 Å². The molecule has 200 valence electrons. The lowest BCUT2D eigenvalue weighted by atomic mass is 9.96. The van der Waals surface area contributed by atoms with Gasteiger partial charge in [-0.05, 0) is 67.4 Å². The Kier molecular flexibility index (Phi) is 7.66. The number of rotatable bonds is 7. The highest BCUT2D eigenvalue weighted by molar-refractivity contribution is 7.85. The van der Waals surface area contributed by atoms with Crippen LogP contribution in [0.1, 0.15) is 53.9 Å². The van der Waals surface area contributed by atoms with E-state index in [2.05, 4.69) is 0 Å². The second-order valence-corrected chi connectivity index (χ2v) is 11.5. The van der Waals surface area contributed by atoms with E-state index in [1.807, 2.05) is 36.7 Å². The summed E-state index contributed by atoms with van der Waals surface area (Å²) in [5.74, 6) is -0.677. The monoisotopic (exact) mass is 593 g/mol. The Morgan fingerprint density at radius 3 is 2.45 bits per heavy atom. The Hall–Kier alpha value is -2.33. The van der Waals surface area contributed by atoms with E-state index in [4.69, 9.17) is 39.6 Å². The van der Waals surface area contributed by atoms with Gasteiger partial charge in [0.25, 0.3) is 0 Å². The zero-order valence-corrected chi connectivity index (χ0v) is 24.1. The molecule has 2 aliphatic rings. The van der Waals surface area contributed by atoms with Crippen molar-refractivity contribution in [3.63, 3.8) is 0 Å². The average molecular weight is 595 g/mol. The third-order valence-electron chi connectivity index (χ3n) is 6.91. The van der Waals surface area contributed by atoms with Gasteiger partial charge in [-0.25, -0.2) is 9.00 Å². The summed E-state index contributed by atoms with van der Waals surface area (Å²) in [4.78, 5) is 22.8. The van der Waals surface area contributed by atoms with Crippen LogP contribution in [0.4, 0.5) is 11.4 Å². The van der Waals surface area contributed by atoms with Gasteiger partial charge in [-0.1, -0.05) is 46.9 Å². The fourth-order valence-corrected chi connectivity index (χ4v) is 7.56. The number of hydroxylamine groups is 1. The normalized spacial score (nSPS) is 17.8. The third kappa shape index (κ3) is 4.28. The van der Waals surface area contributed by atoms with Gasteiger partial charge in [0.15, 0.2) is 0 Å². The number of hydrogen-bond acceptors (Lipinski definition) is 7. The first kappa shape index (κ1) is 27.2. The zero-order valence-electron chi connectivity index (χ0n) is 21.0. The molecule has 2 unspecified atom stereocenters. The van der Waals surface area contributed by atoms with Gasteiger partial charge < -0.3 is 14.8 Å². The predicted octanol–water partition coefficient (Wildman–Crippen LogP) is 6.38. The van der Waals surface area contributed by atoms with Crippen LogP contribution in [0.25, 0.3) is 0 Å². The number of fused-ring (bicyclic) bond motifs is 2. The lowest BCUT2D eigenvalue weighted by molar-refractivity contribution is -0.132. The molecule has 3 aromatic carbocycles. The van der Waals surface area contributed by atoms with Crippen LogP contribution in [0.5, 0.6) is 0 Å². The first-order valence-corrected chi connectivity index (χ1v) is 14.5. The van der Waals surface area contributed by atoms with Crippen LogP contribution in [-0.4, -0.2) is 40.1 Å². The average Bonchev–Trinajstić information content (AvgIpc) is 3.22. The molecule has 0 fully saturated rings. The number of carbonyl (C=O) groups excluding carboxylic acids is 1. The van der Waals surface area contributed by atoms with E-state index in [1.54, 1.807) is 30.3 Å². The number of hydrazine groups is 1. The molecule has 2 aliphatic heterocycles. The van der Waals surface area contributed by atoms with Gasteiger partial charge in [0.1, 0.15) is 6.04 Å². The van der Waals surface area contributed by atoms with E-state index < -0.39 is 22.8 Å². The van der Waals surface area contributed by atoms with Gasteiger partial charge in [-0.3, -0.25) is 5.01 Å². The Morgan fingerprint density at radius 1 is 1.05 bits per heavy atom. The van der Waals surface area contributed by atoms with E-state index in [-0.39, 0.29) is 17.2 Å². The summed E-state index contributed by atoms with van der Waals surface area (Å²) in [6, 6.07) is 11.4. The van der Waals surface area contributed by atoms with Crippen molar-refractivity contribution >= 4 is 62.9 Å². The standard InChI is InChI=1S/C27H26Cl3N3O4S/c1-4-31(5-2)21-12-17(29)11-19(24(21)30)27(35)37-33-25-18-9-8-16(28)13-22(18)38(36)26-15(14-34)7-10-20(23(25)26)32(33)6-3/h7-13,25,34H,4-6,14H2,1-3H3. The molecule has 7 nitrogen and oxygen atoms in total. The summed E-state index contributed by atoms with van der Waals surface area (Å²) in [7, 11) is -1.58. The lowest BCUT2D eigenvalue weighted by Crippen LogP contribution is -2.42. The molecule has 0 saturated carbocycles. The Labute approximate surface area is 238 Å². The molecule has 2 atom stereocenters. The summed E-state index contributed by atoms with van der Waals surface area (Å²) in [5, 5.41) is 14.4. The van der Waals surface area contributed by atoms with E-state index in [9.17, 15) is 14.1 Å². The Balaban J connectivity index is 1.63. The second-order valence-electron chi connectivity index (χ2n) is 8.85. The van der Waals surface area contributed by atoms with Gasteiger partial charge in [0.2, 0.25) is 0 Å². The van der Waals surface area contributed by atoms with Gasteiger partial charge >= 0.3 is 5.97 Å². The maximum absolute atomic E-state index is 13.7. The molecule has 0 spiro atoms. The number of anilines is 2. The quantitative estimate of drug-likeness (QED) is 0.340. The molecular formula is C27H26Cl3N3O4S. The maximum Gasteiger partial charge on any atom is 0.360 e. The molecule has 38 heavy (non-hydrogen) atoms. The van der Waals surface area contributed by atoms with Gasteiger partial charge in [0, 0.05) is 35.2 Å². The molecule has 0 aliphatic carbocycles. The molecule has 0 bridgehead atoms. The van der Waals surface area contributed by atoms with Crippen LogP contribution in [0.15, 0.2) is 52.3 Å². The number of aliphatic hydroxyl groups is 1. The second kappa shape index (κ2) is 10.7. The van der Waals surface area contributed by atoms with Crippen molar-refractivity contribution in [2.45, 2.75) is 43.2 Å². The summed E-state index contributed by atoms with van der Waals surface area (Å²) < 4.78 is 13.7. The number of benzene rings is 3. The molecule has 2 heterocycles. The van der Waals surface area contributed by atoms with Gasteiger partial charge in [-0.15, -0.1) is 0 Å². The maximum atomic E-state index is 13.7. The van der Waals surface area contributed by atoms with Crippen molar-refractivity contribution < 1.29 is 18.9 Å². The fraction of sp³-hybridized carbons (Fsp3) is 0.296. The smallest absolute Gasteiger partial charge is 0.360 e. The van der Waals surface area contributed by atoms with E-state index in [0.29, 0.717) is 56.3 Å². The van der Waals surface area contributed by atoms with E-state index >= 15 is 0 Å². The largest absolute Gasteiger partial charge is 0.392 e. The van der Waals surface area contributed by atoms with E-state index in [0.717, 1.165) is 11.3 Å².